The van der Waals surface area contributed by atoms with E-state index in [1.54, 1.807) is 7.11 Å². The van der Waals surface area contributed by atoms with Crippen LogP contribution in [0.1, 0.15) is 47.8 Å². The molecule has 4 aromatic rings. The number of benzene rings is 3. The van der Waals surface area contributed by atoms with Crippen LogP contribution in [0.3, 0.4) is 0 Å². The zero-order valence-corrected chi connectivity index (χ0v) is 21.7. The van der Waals surface area contributed by atoms with E-state index in [0.29, 0.717) is 6.42 Å². The molecule has 1 saturated carbocycles. The van der Waals surface area contributed by atoms with Crippen molar-refractivity contribution in [1.82, 2.24) is 9.88 Å². The molecule has 3 heterocycles. The van der Waals surface area contributed by atoms with Crippen molar-refractivity contribution in [3.05, 3.63) is 83.0 Å². The molecular weight excluding hydrogens is 472 g/mol. The highest BCUT2D eigenvalue weighted by Crippen LogP contribution is 2.69. The molecule has 5 aliphatic rings. The summed E-state index contributed by atoms with van der Waals surface area (Å²) in [5.41, 5.74) is 6.98. The van der Waals surface area contributed by atoms with Crippen LogP contribution in [-0.2, 0) is 18.3 Å². The molecular formula is C33H32N2O3. The topological polar surface area (TPSA) is 57.7 Å². The van der Waals surface area contributed by atoms with Gasteiger partial charge in [0.1, 0.15) is 11.5 Å². The number of ether oxygens (including phenoxy) is 2. The number of aromatic amines is 1. The van der Waals surface area contributed by atoms with Gasteiger partial charge in [0.05, 0.1) is 23.8 Å². The molecule has 2 N–H and O–H groups in total. The van der Waals surface area contributed by atoms with Gasteiger partial charge in [-0.15, -0.1) is 0 Å². The molecule has 2 bridgehead atoms. The summed E-state index contributed by atoms with van der Waals surface area (Å²) < 4.78 is 12.7. The van der Waals surface area contributed by atoms with E-state index < -0.39 is 11.0 Å². The van der Waals surface area contributed by atoms with E-state index in [0.717, 1.165) is 65.7 Å². The maximum atomic E-state index is 13.1. The van der Waals surface area contributed by atoms with Gasteiger partial charge >= 0.3 is 0 Å². The van der Waals surface area contributed by atoms with Crippen LogP contribution in [0.25, 0.3) is 22.0 Å². The lowest BCUT2D eigenvalue weighted by Gasteiger charge is -2.62. The second kappa shape index (κ2) is 7.22. The summed E-state index contributed by atoms with van der Waals surface area (Å²) >= 11 is 0. The predicted octanol–water partition coefficient (Wildman–Crippen LogP) is 5.54. The number of para-hydroxylation sites is 1. The first-order valence-electron chi connectivity index (χ1n) is 14.1. The van der Waals surface area contributed by atoms with Crippen molar-refractivity contribution in [2.75, 3.05) is 20.2 Å². The largest absolute Gasteiger partial charge is 0.497 e. The highest BCUT2D eigenvalue weighted by Gasteiger charge is 2.72. The minimum atomic E-state index is -0.881. The van der Waals surface area contributed by atoms with Gasteiger partial charge in [-0.25, -0.2) is 0 Å². The van der Waals surface area contributed by atoms with Gasteiger partial charge in [-0.3, -0.25) is 4.90 Å². The fraction of sp³-hybridized carbons (Fsp3) is 0.394. The number of rotatable bonds is 4. The lowest BCUT2D eigenvalue weighted by Crippen LogP contribution is -2.74. The molecule has 9 rings (SSSR count). The van der Waals surface area contributed by atoms with Crippen molar-refractivity contribution in [3.63, 3.8) is 0 Å². The van der Waals surface area contributed by atoms with Crippen molar-refractivity contribution < 1.29 is 14.6 Å². The zero-order chi connectivity index (χ0) is 25.2. The zero-order valence-electron chi connectivity index (χ0n) is 21.7. The van der Waals surface area contributed by atoms with E-state index in [1.807, 2.05) is 12.1 Å². The Morgan fingerprint density at radius 3 is 2.87 bits per heavy atom. The monoisotopic (exact) mass is 504 g/mol. The van der Waals surface area contributed by atoms with Crippen LogP contribution in [0.15, 0.2) is 60.7 Å². The Bertz CT molecular complexity index is 1640. The standard InChI is InChI=1S/C33H32N2O3/c1-37-22-6-4-5-20(15-22)23-12-11-21-16-27-33(36)17-25-24-7-2-3-8-26(24)34-29(25)31-32(33,28(21)30(23)38-31)13-14-35(27)18-19-9-10-19/h2-8,11-12,15,19,27,31,34,36H,9-10,13-14,16-18H2,1H3/t27-,31+,32+,33-/m1/s1. The molecule has 5 heteroatoms. The Labute approximate surface area is 222 Å². The predicted molar refractivity (Wildman–Crippen MR) is 147 cm³/mol. The fourth-order valence-corrected chi connectivity index (χ4v) is 8.61. The lowest BCUT2D eigenvalue weighted by molar-refractivity contribution is -0.173. The number of hydrogen-bond donors (Lipinski definition) is 2. The molecule has 38 heavy (non-hydrogen) atoms. The lowest BCUT2D eigenvalue weighted by atomic mass is 9.49. The van der Waals surface area contributed by atoms with Gasteiger partial charge in [0.2, 0.25) is 0 Å². The van der Waals surface area contributed by atoms with Crippen molar-refractivity contribution in [3.8, 4) is 22.6 Å². The van der Waals surface area contributed by atoms with Gasteiger partial charge in [-0.1, -0.05) is 42.5 Å². The molecule has 192 valence electrons. The average Bonchev–Trinajstić information content (AvgIpc) is 3.58. The number of aliphatic hydroxyl groups is 1. The summed E-state index contributed by atoms with van der Waals surface area (Å²) in [4.78, 5) is 6.40. The Morgan fingerprint density at radius 2 is 2.00 bits per heavy atom. The molecule has 1 spiro atoms. The Hall–Kier alpha value is -3.28. The summed E-state index contributed by atoms with van der Waals surface area (Å²) in [6.45, 7) is 2.13. The van der Waals surface area contributed by atoms with Crippen LogP contribution < -0.4 is 9.47 Å². The normalized spacial score (nSPS) is 30.6. The number of piperidine rings is 1. The molecule has 3 aliphatic carbocycles. The number of methoxy groups -OCH3 is 1. The van der Waals surface area contributed by atoms with Gasteiger partial charge in [0.15, 0.2) is 6.10 Å². The highest BCUT2D eigenvalue weighted by atomic mass is 16.5. The van der Waals surface area contributed by atoms with Crippen LogP contribution in [0.4, 0.5) is 0 Å². The number of H-pyrrole nitrogens is 1. The number of fused-ring (bicyclic) bond motifs is 4. The quantitative estimate of drug-likeness (QED) is 0.383. The Kier molecular flexibility index (Phi) is 4.11. The van der Waals surface area contributed by atoms with E-state index in [-0.39, 0.29) is 12.1 Å². The summed E-state index contributed by atoms with van der Waals surface area (Å²) in [7, 11) is 1.71. The SMILES string of the molecule is COc1cccc(-c2ccc3c4c2O[C@H]2c5[nH]c6ccccc6c5C[C@@]5(O)[C@@H](C3)N(CC3CC3)CC[C@]425)c1. The van der Waals surface area contributed by atoms with Crippen LogP contribution in [0, 0.1) is 5.92 Å². The van der Waals surface area contributed by atoms with Crippen LogP contribution in [0.2, 0.25) is 0 Å². The molecule has 0 radical (unpaired) electrons. The number of nitrogens with one attached hydrogen (secondary N) is 1. The van der Waals surface area contributed by atoms with Crippen molar-refractivity contribution in [2.45, 2.75) is 55.3 Å². The van der Waals surface area contributed by atoms with Gasteiger partial charge < -0.3 is 19.6 Å². The summed E-state index contributed by atoms with van der Waals surface area (Å²) in [5, 5.41) is 14.3. The Balaban J connectivity index is 1.31. The smallest absolute Gasteiger partial charge is 0.151 e. The van der Waals surface area contributed by atoms with E-state index >= 15 is 0 Å². The van der Waals surface area contributed by atoms with E-state index in [1.165, 1.54) is 34.9 Å². The highest BCUT2D eigenvalue weighted by molar-refractivity contribution is 5.87. The minimum absolute atomic E-state index is 0.103. The van der Waals surface area contributed by atoms with Crippen LogP contribution in [0.5, 0.6) is 11.5 Å². The summed E-state index contributed by atoms with van der Waals surface area (Å²) in [5.74, 6) is 2.59. The van der Waals surface area contributed by atoms with Gasteiger partial charge in [-0.05, 0) is 73.0 Å². The van der Waals surface area contributed by atoms with E-state index in [9.17, 15) is 5.11 Å². The second-order valence-electron chi connectivity index (χ2n) is 12.2. The number of likely N-dealkylation sites (tertiary alicyclic amines) is 1. The number of hydrogen-bond acceptors (Lipinski definition) is 4. The number of nitrogens with zero attached hydrogens (tertiary/aromatic N) is 1. The van der Waals surface area contributed by atoms with E-state index in [2.05, 4.69) is 58.4 Å². The molecule has 2 aliphatic heterocycles. The molecule has 0 unspecified atom stereocenters. The maximum absolute atomic E-state index is 13.1. The second-order valence-corrected chi connectivity index (χ2v) is 12.2. The van der Waals surface area contributed by atoms with Crippen molar-refractivity contribution in [2.24, 2.45) is 5.92 Å². The maximum Gasteiger partial charge on any atom is 0.151 e. The van der Waals surface area contributed by atoms with Gasteiger partial charge in [0.25, 0.3) is 0 Å². The van der Waals surface area contributed by atoms with Crippen LogP contribution in [-0.4, -0.2) is 46.8 Å². The summed E-state index contributed by atoms with van der Waals surface area (Å²) in [6, 6.07) is 21.4. The Morgan fingerprint density at radius 1 is 1.11 bits per heavy atom. The van der Waals surface area contributed by atoms with Crippen molar-refractivity contribution >= 4 is 10.9 Å². The molecule has 5 nitrogen and oxygen atoms in total. The molecule has 0 amide bonds. The fourth-order valence-electron chi connectivity index (χ4n) is 8.61. The molecule has 1 aromatic heterocycles. The van der Waals surface area contributed by atoms with Crippen molar-refractivity contribution in [1.29, 1.82) is 0 Å². The molecule has 2 fully saturated rings. The third-order valence-corrected chi connectivity index (χ3v) is 10.5. The molecule has 1 saturated heterocycles. The first kappa shape index (κ1) is 21.6. The average molecular weight is 505 g/mol. The van der Waals surface area contributed by atoms with E-state index in [4.69, 9.17) is 9.47 Å². The first-order chi connectivity index (χ1) is 18.6. The third-order valence-electron chi connectivity index (χ3n) is 10.5. The van der Waals surface area contributed by atoms with Crippen LogP contribution >= 0.6 is 0 Å². The summed E-state index contributed by atoms with van der Waals surface area (Å²) in [6.07, 6.45) is 4.88. The van der Waals surface area contributed by atoms with Gasteiger partial charge in [0, 0.05) is 41.0 Å². The molecule has 3 aromatic carbocycles. The molecule has 4 atom stereocenters. The third kappa shape index (κ3) is 2.55. The first-order valence-corrected chi connectivity index (χ1v) is 14.1. The number of aromatic nitrogens is 1. The minimum Gasteiger partial charge on any atom is -0.497 e. The van der Waals surface area contributed by atoms with Gasteiger partial charge in [-0.2, -0.15) is 0 Å².